The van der Waals surface area contributed by atoms with Crippen LogP contribution in [0.5, 0.6) is 11.5 Å². The second kappa shape index (κ2) is 12.3. The van der Waals surface area contributed by atoms with Gasteiger partial charge in [-0.1, -0.05) is 69.3 Å². The number of halogens is 1. The minimum absolute atomic E-state index is 0.327. The van der Waals surface area contributed by atoms with E-state index in [1.54, 1.807) is 0 Å². The molecule has 43 heavy (non-hydrogen) atoms. The smallest absolute Gasteiger partial charge is 0.340 e. The van der Waals surface area contributed by atoms with Crippen LogP contribution in [-0.4, -0.2) is 19.1 Å². The second-order valence-electron chi connectivity index (χ2n) is 11.6. The van der Waals surface area contributed by atoms with Gasteiger partial charge in [-0.3, -0.25) is 0 Å². The van der Waals surface area contributed by atoms with E-state index in [2.05, 4.69) is 55.3 Å². The minimum atomic E-state index is -1.12. The van der Waals surface area contributed by atoms with Gasteiger partial charge in [0, 0.05) is 57.9 Å². The maximum absolute atomic E-state index is 13.4. The summed E-state index contributed by atoms with van der Waals surface area (Å²) in [6, 6.07) is 25.8. The highest BCUT2D eigenvalue weighted by Gasteiger charge is 2.53. The molecule has 0 bridgehead atoms. The molecule has 1 unspecified atom stereocenters. The first-order chi connectivity index (χ1) is 20.9. The average Bonchev–Trinajstić information content (AvgIpc) is 3.31. The predicted octanol–water partition coefficient (Wildman–Crippen LogP) is 10.1. The van der Waals surface area contributed by atoms with Crippen LogP contribution in [0, 0.1) is 6.92 Å². The highest BCUT2D eigenvalue weighted by Crippen LogP contribution is 2.57. The van der Waals surface area contributed by atoms with E-state index in [4.69, 9.17) is 21.1 Å². The number of ether oxygens (including phenoxy) is 2. The number of aryl methyl sites for hydroxylation is 1. The topological polar surface area (TPSA) is 50.8 Å². The van der Waals surface area contributed by atoms with Crippen molar-refractivity contribution < 1.29 is 14.3 Å². The first-order valence-electron chi connectivity index (χ1n) is 15.5. The molecule has 0 saturated carbocycles. The number of esters is 1. The van der Waals surface area contributed by atoms with Crippen molar-refractivity contribution in [1.29, 1.82) is 0 Å². The molecule has 0 saturated heterocycles. The van der Waals surface area contributed by atoms with Crippen molar-refractivity contribution in [2.75, 3.05) is 23.3 Å². The number of unbranched alkanes of at least 4 members (excludes halogenated alkanes) is 4. The number of nitrogens with zero attached hydrogens (tertiary/aromatic N) is 1. The maximum Gasteiger partial charge on any atom is 0.340 e. The molecule has 2 heterocycles. The zero-order chi connectivity index (χ0) is 30.0. The molecule has 0 aliphatic carbocycles. The van der Waals surface area contributed by atoms with E-state index < -0.39 is 5.60 Å². The fraction of sp³-hybridized carbons (Fsp3) is 0.324. The third-order valence-electron chi connectivity index (χ3n) is 8.59. The molecule has 1 spiro atoms. The van der Waals surface area contributed by atoms with Crippen molar-refractivity contribution in [3.05, 3.63) is 112 Å². The first-order valence-corrected chi connectivity index (χ1v) is 15.9. The average molecular weight is 595 g/mol. The van der Waals surface area contributed by atoms with E-state index in [1.807, 2.05) is 54.6 Å². The monoisotopic (exact) mass is 594 g/mol. The van der Waals surface area contributed by atoms with Crippen LogP contribution in [0.15, 0.2) is 78.9 Å². The lowest BCUT2D eigenvalue weighted by Crippen LogP contribution is -2.33. The van der Waals surface area contributed by atoms with Crippen molar-refractivity contribution in [2.45, 2.75) is 64.9 Å². The van der Waals surface area contributed by atoms with Crippen LogP contribution >= 0.6 is 11.6 Å². The Morgan fingerprint density at radius 3 is 2.33 bits per heavy atom. The van der Waals surface area contributed by atoms with Gasteiger partial charge < -0.3 is 19.7 Å². The molecule has 4 aromatic carbocycles. The molecule has 0 aromatic heterocycles. The Morgan fingerprint density at radius 1 is 0.791 bits per heavy atom. The van der Waals surface area contributed by atoms with E-state index in [0.717, 1.165) is 77.4 Å². The fourth-order valence-electron chi connectivity index (χ4n) is 6.28. The molecular weight excluding hydrogens is 556 g/mol. The normalized spacial score (nSPS) is 16.2. The summed E-state index contributed by atoms with van der Waals surface area (Å²) in [4.78, 5) is 15.9. The molecule has 5 nitrogen and oxygen atoms in total. The summed E-state index contributed by atoms with van der Waals surface area (Å²) in [5.74, 6) is 1.09. The quantitative estimate of drug-likeness (QED) is 0.138. The van der Waals surface area contributed by atoms with Crippen LogP contribution in [0.25, 0.3) is 0 Å². The van der Waals surface area contributed by atoms with Gasteiger partial charge in [-0.05, 0) is 79.9 Å². The molecule has 6 rings (SSSR count). The molecular formula is C37H39ClN2O3. The van der Waals surface area contributed by atoms with E-state index in [-0.39, 0.29) is 5.97 Å². The number of fused-ring (bicyclic) bond motifs is 6. The first kappa shape index (κ1) is 29.1. The Labute approximate surface area is 259 Å². The summed E-state index contributed by atoms with van der Waals surface area (Å²) < 4.78 is 13.1. The van der Waals surface area contributed by atoms with Crippen LogP contribution in [0.1, 0.15) is 85.0 Å². The Hall–Kier alpha value is -3.96. The highest BCUT2D eigenvalue weighted by atomic mass is 35.5. The van der Waals surface area contributed by atoms with E-state index >= 15 is 0 Å². The van der Waals surface area contributed by atoms with Crippen molar-refractivity contribution in [3.63, 3.8) is 0 Å². The van der Waals surface area contributed by atoms with E-state index in [0.29, 0.717) is 16.3 Å². The molecule has 0 radical (unpaired) electrons. The lowest BCUT2D eigenvalue weighted by Gasteiger charge is -2.38. The lowest BCUT2D eigenvalue weighted by molar-refractivity contribution is 0.0224. The Balaban J connectivity index is 1.46. The van der Waals surface area contributed by atoms with Gasteiger partial charge in [-0.2, -0.15) is 0 Å². The van der Waals surface area contributed by atoms with Crippen LogP contribution < -0.4 is 15.0 Å². The third-order valence-corrected chi connectivity index (χ3v) is 8.85. The Kier molecular flexibility index (Phi) is 8.36. The van der Waals surface area contributed by atoms with Crippen molar-refractivity contribution in [1.82, 2.24) is 0 Å². The fourth-order valence-corrected chi connectivity index (χ4v) is 6.40. The van der Waals surface area contributed by atoms with Gasteiger partial charge in [0.1, 0.15) is 11.5 Å². The van der Waals surface area contributed by atoms with E-state index in [1.165, 1.54) is 19.3 Å². The third kappa shape index (κ3) is 5.47. The number of carbonyl (C=O) groups excluding carboxylic acids is 1. The maximum atomic E-state index is 13.4. The van der Waals surface area contributed by atoms with Crippen LogP contribution in [0.4, 0.5) is 17.1 Å². The minimum Gasteiger partial charge on any atom is -0.456 e. The number of carbonyl (C=O) groups is 1. The summed E-state index contributed by atoms with van der Waals surface area (Å²) in [5, 5.41) is 4.21. The number of benzene rings is 4. The number of hydrogen-bond acceptors (Lipinski definition) is 5. The molecule has 222 valence electrons. The summed E-state index contributed by atoms with van der Waals surface area (Å²) in [6.45, 7) is 8.54. The number of nitrogens with one attached hydrogen (secondary N) is 1. The van der Waals surface area contributed by atoms with Crippen molar-refractivity contribution >= 4 is 34.6 Å². The molecule has 1 atom stereocenters. The number of hydrogen-bond donors (Lipinski definition) is 1. The second-order valence-corrected chi connectivity index (χ2v) is 12.0. The predicted molar refractivity (Wildman–Crippen MR) is 175 cm³/mol. The van der Waals surface area contributed by atoms with Gasteiger partial charge in [0.25, 0.3) is 0 Å². The van der Waals surface area contributed by atoms with Crippen LogP contribution in [-0.2, 0) is 10.3 Å². The SMILES string of the molecule is CCCCCCN(CCCC)c1ccc2c(c1)Oc1cc(C)c(Nc3ccc(Cl)cc3)cc1C21OC(=O)c2ccccc21. The zero-order valence-corrected chi connectivity index (χ0v) is 26.0. The molecule has 0 amide bonds. The summed E-state index contributed by atoms with van der Waals surface area (Å²) in [5.41, 5.74) is 5.91. The van der Waals surface area contributed by atoms with Crippen molar-refractivity contribution in [2.24, 2.45) is 0 Å². The largest absolute Gasteiger partial charge is 0.456 e. The standard InChI is InChI=1S/C37H39ClN2O3/c1-4-6-8-11-21-40(20-7-5-2)28-18-19-31-35(23-28)42-34-22-25(3)33(39-27-16-14-26(38)15-17-27)24-32(34)37(31)30-13-10-9-12-29(30)36(41)43-37/h9-10,12-19,22-24,39H,4-8,11,20-21H2,1-3H3. The van der Waals surface area contributed by atoms with Crippen molar-refractivity contribution in [3.8, 4) is 11.5 Å². The molecule has 4 aromatic rings. The Bertz CT molecular complexity index is 1630. The molecule has 1 N–H and O–H groups in total. The molecule has 0 fully saturated rings. The van der Waals surface area contributed by atoms with Crippen LogP contribution in [0.3, 0.4) is 0 Å². The van der Waals surface area contributed by atoms with Gasteiger partial charge in [0.2, 0.25) is 0 Å². The van der Waals surface area contributed by atoms with Crippen LogP contribution in [0.2, 0.25) is 5.02 Å². The molecule has 2 aliphatic rings. The van der Waals surface area contributed by atoms with Gasteiger partial charge in [-0.25, -0.2) is 4.79 Å². The lowest BCUT2D eigenvalue weighted by atomic mass is 9.77. The van der Waals surface area contributed by atoms with Gasteiger partial charge in [-0.15, -0.1) is 0 Å². The summed E-state index contributed by atoms with van der Waals surface area (Å²) >= 11 is 6.13. The van der Waals surface area contributed by atoms with Gasteiger partial charge in [0.05, 0.1) is 5.56 Å². The van der Waals surface area contributed by atoms with Gasteiger partial charge >= 0.3 is 5.97 Å². The zero-order valence-electron chi connectivity index (χ0n) is 25.2. The number of rotatable bonds is 11. The van der Waals surface area contributed by atoms with E-state index in [9.17, 15) is 4.79 Å². The summed E-state index contributed by atoms with van der Waals surface area (Å²) in [7, 11) is 0. The highest BCUT2D eigenvalue weighted by molar-refractivity contribution is 6.30. The molecule has 2 aliphatic heterocycles. The van der Waals surface area contributed by atoms with Gasteiger partial charge in [0.15, 0.2) is 5.60 Å². The molecule has 6 heteroatoms. The summed E-state index contributed by atoms with van der Waals surface area (Å²) in [6.07, 6.45) is 7.14. The Morgan fingerprint density at radius 2 is 1.53 bits per heavy atom. The number of anilines is 3.